The van der Waals surface area contributed by atoms with Crippen LogP contribution in [-0.2, 0) is 0 Å². The normalized spacial score (nSPS) is 29.3. The predicted octanol–water partition coefficient (Wildman–Crippen LogP) is 1.76. The number of nitrogens with zero attached hydrogens (tertiary/aromatic N) is 1. The number of aliphatic hydroxyl groups is 1. The van der Waals surface area contributed by atoms with Crippen molar-refractivity contribution in [3.05, 3.63) is 29.3 Å². The molecule has 2 bridgehead atoms. The molecule has 2 unspecified atom stereocenters. The lowest BCUT2D eigenvalue weighted by Gasteiger charge is -2.45. The molecule has 3 aliphatic heterocycles. The van der Waals surface area contributed by atoms with Crippen molar-refractivity contribution < 1.29 is 9.84 Å². The quantitative estimate of drug-likeness (QED) is 0.840. The summed E-state index contributed by atoms with van der Waals surface area (Å²) in [5.41, 5.74) is 0. The van der Waals surface area contributed by atoms with Gasteiger partial charge in [0.05, 0.1) is 0 Å². The maximum absolute atomic E-state index is 10.0. The van der Waals surface area contributed by atoms with Gasteiger partial charge in [-0.25, -0.2) is 0 Å². The molecule has 0 amide bonds. The molecular formula is C16H23ClN2O2. The van der Waals surface area contributed by atoms with E-state index in [9.17, 15) is 5.11 Å². The highest BCUT2D eigenvalue weighted by Gasteiger charge is 2.33. The fourth-order valence-electron chi connectivity index (χ4n) is 3.29. The second kappa shape index (κ2) is 6.97. The average molecular weight is 311 g/mol. The van der Waals surface area contributed by atoms with Gasteiger partial charge in [0.15, 0.2) is 0 Å². The molecule has 1 aromatic carbocycles. The molecular weight excluding hydrogens is 288 g/mol. The first-order valence-electron chi connectivity index (χ1n) is 7.73. The van der Waals surface area contributed by atoms with E-state index >= 15 is 0 Å². The number of fused-ring (bicyclic) bond motifs is 3. The zero-order valence-corrected chi connectivity index (χ0v) is 12.9. The number of ether oxygens (including phenoxy) is 1. The van der Waals surface area contributed by atoms with Crippen LogP contribution >= 0.6 is 11.6 Å². The van der Waals surface area contributed by atoms with Crippen LogP contribution in [0.1, 0.15) is 12.8 Å². The highest BCUT2D eigenvalue weighted by Crippen LogP contribution is 2.27. The molecule has 3 saturated heterocycles. The van der Waals surface area contributed by atoms with E-state index in [-0.39, 0.29) is 6.61 Å². The summed E-state index contributed by atoms with van der Waals surface area (Å²) in [6, 6.07) is 7.78. The Morgan fingerprint density at radius 2 is 2.19 bits per heavy atom. The molecule has 116 valence electrons. The standard InChI is InChI=1S/C16H23ClN2O2/c17-13-2-1-3-15(8-13)21-11-14(20)9-18-16-10-19-6-4-12(16)5-7-19/h1-3,8,12,14,16,18,20H,4-7,9-11H2. The number of hydrogen-bond donors (Lipinski definition) is 2. The number of benzene rings is 1. The van der Waals surface area contributed by atoms with E-state index in [1.165, 1.54) is 25.9 Å². The molecule has 0 aliphatic carbocycles. The van der Waals surface area contributed by atoms with Gasteiger partial charge in [-0.1, -0.05) is 17.7 Å². The van der Waals surface area contributed by atoms with Crippen molar-refractivity contribution >= 4 is 11.6 Å². The molecule has 3 aliphatic rings. The molecule has 2 atom stereocenters. The van der Waals surface area contributed by atoms with Crippen molar-refractivity contribution in [3.8, 4) is 5.75 Å². The molecule has 4 nitrogen and oxygen atoms in total. The number of halogens is 1. The lowest BCUT2D eigenvalue weighted by atomic mass is 9.84. The minimum atomic E-state index is -0.501. The van der Waals surface area contributed by atoms with E-state index in [0.29, 0.717) is 23.4 Å². The van der Waals surface area contributed by atoms with E-state index in [1.54, 1.807) is 12.1 Å². The highest BCUT2D eigenvalue weighted by molar-refractivity contribution is 6.30. The van der Waals surface area contributed by atoms with E-state index in [0.717, 1.165) is 12.5 Å². The zero-order valence-electron chi connectivity index (χ0n) is 12.2. The van der Waals surface area contributed by atoms with Crippen LogP contribution in [0.5, 0.6) is 5.75 Å². The fraction of sp³-hybridized carbons (Fsp3) is 0.625. The van der Waals surface area contributed by atoms with Crippen molar-refractivity contribution in [1.82, 2.24) is 10.2 Å². The highest BCUT2D eigenvalue weighted by atomic mass is 35.5. The third kappa shape index (κ3) is 4.10. The Labute approximate surface area is 131 Å². The molecule has 0 radical (unpaired) electrons. The largest absolute Gasteiger partial charge is 0.491 e. The Bertz CT molecular complexity index is 463. The number of rotatable bonds is 6. The average Bonchev–Trinajstić information content (AvgIpc) is 2.52. The summed E-state index contributed by atoms with van der Waals surface area (Å²) in [6.45, 7) is 4.46. The van der Waals surface area contributed by atoms with Crippen LogP contribution in [0, 0.1) is 5.92 Å². The van der Waals surface area contributed by atoms with Crippen molar-refractivity contribution in [2.75, 3.05) is 32.8 Å². The maximum Gasteiger partial charge on any atom is 0.120 e. The number of nitrogens with one attached hydrogen (secondary N) is 1. The van der Waals surface area contributed by atoms with Gasteiger partial charge in [0, 0.05) is 24.2 Å². The molecule has 0 saturated carbocycles. The fourth-order valence-corrected chi connectivity index (χ4v) is 3.47. The van der Waals surface area contributed by atoms with Gasteiger partial charge in [-0.3, -0.25) is 0 Å². The van der Waals surface area contributed by atoms with Crippen molar-refractivity contribution in [2.45, 2.75) is 25.0 Å². The first-order chi connectivity index (χ1) is 10.2. The molecule has 2 N–H and O–H groups in total. The minimum absolute atomic E-state index is 0.286. The summed E-state index contributed by atoms with van der Waals surface area (Å²) < 4.78 is 5.57. The van der Waals surface area contributed by atoms with E-state index in [4.69, 9.17) is 16.3 Å². The minimum Gasteiger partial charge on any atom is -0.491 e. The SMILES string of the molecule is OC(CNC1CN2CCC1CC2)COc1cccc(Cl)c1. The maximum atomic E-state index is 10.0. The Morgan fingerprint density at radius 1 is 1.38 bits per heavy atom. The van der Waals surface area contributed by atoms with Gasteiger partial charge >= 0.3 is 0 Å². The molecule has 1 aromatic rings. The third-order valence-electron chi connectivity index (χ3n) is 4.51. The van der Waals surface area contributed by atoms with Gasteiger partial charge in [0.2, 0.25) is 0 Å². The van der Waals surface area contributed by atoms with Gasteiger partial charge in [-0.2, -0.15) is 0 Å². The van der Waals surface area contributed by atoms with Crippen molar-refractivity contribution in [1.29, 1.82) is 0 Å². The monoisotopic (exact) mass is 310 g/mol. The summed E-state index contributed by atoms with van der Waals surface area (Å²) in [6.07, 6.45) is 2.07. The topological polar surface area (TPSA) is 44.7 Å². The summed E-state index contributed by atoms with van der Waals surface area (Å²) in [7, 11) is 0. The van der Waals surface area contributed by atoms with Crippen LogP contribution in [0.15, 0.2) is 24.3 Å². The van der Waals surface area contributed by atoms with Crippen LogP contribution in [0.25, 0.3) is 0 Å². The first-order valence-corrected chi connectivity index (χ1v) is 8.10. The molecule has 5 heteroatoms. The zero-order chi connectivity index (χ0) is 14.7. The van der Waals surface area contributed by atoms with Gasteiger partial charge in [-0.05, 0) is 50.0 Å². The number of piperidine rings is 3. The smallest absolute Gasteiger partial charge is 0.120 e. The molecule has 3 fully saturated rings. The summed E-state index contributed by atoms with van der Waals surface area (Å²) in [5, 5.41) is 14.2. The van der Waals surface area contributed by atoms with Gasteiger partial charge in [-0.15, -0.1) is 0 Å². The van der Waals surface area contributed by atoms with Gasteiger partial charge in [0.25, 0.3) is 0 Å². The van der Waals surface area contributed by atoms with Crippen molar-refractivity contribution in [2.24, 2.45) is 5.92 Å². The molecule has 21 heavy (non-hydrogen) atoms. The summed E-state index contributed by atoms with van der Waals surface area (Å²) in [5.74, 6) is 1.47. The van der Waals surface area contributed by atoms with Gasteiger partial charge < -0.3 is 20.1 Å². The molecule has 4 rings (SSSR count). The van der Waals surface area contributed by atoms with E-state index in [1.807, 2.05) is 12.1 Å². The van der Waals surface area contributed by atoms with Gasteiger partial charge in [0.1, 0.15) is 18.5 Å². The molecule has 3 heterocycles. The molecule has 0 spiro atoms. The second-order valence-electron chi connectivity index (χ2n) is 6.07. The van der Waals surface area contributed by atoms with Crippen LogP contribution in [0.2, 0.25) is 5.02 Å². The first kappa shape index (κ1) is 15.1. The van der Waals surface area contributed by atoms with Crippen LogP contribution in [-0.4, -0.2) is 54.9 Å². The summed E-state index contributed by atoms with van der Waals surface area (Å²) in [4.78, 5) is 2.51. The Hall–Kier alpha value is -0.810. The second-order valence-corrected chi connectivity index (χ2v) is 6.51. The third-order valence-corrected chi connectivity index (χ3v) is 4.75. The van der Waals surface area contributed by atoms with Crippen molar-refractivity contribution in [3.63, 3.8) is 0 Å². The summed E-state index contributed by atoms with van der Waals surface area (Å²) >= 11 is 5.90. The van der Waals surface area contributed by atoms with Crippen LogP contribution in [0.3, 0.4) is 0 Å². The Balaban J connectivity index is 1.39. The van der Waals surface area contributed by atoms with Crippen LogP contribution < -0.4 is 10.1 Å². The lowest BCUT2D eigenvalue weighted by molar-refractivity contribution is 0.0551. The van der Waals surface area contributed by atoms with Crippen LogP contribution in [0.4, 0.5) is 0 Å². The Kier molecular flexibility index (Phi) is 5.01. The number of hydrogen-bond acceptors (Lipinski definition) is 4. The van der Waals surface area contributed by atoms with E-state index < -0.39 is 6.10 Å². The Morgan fingerprint density at radius 3 is 2.86 bits per heavy atom. The predicted molar refractivity (Wildman–Crippen MR) is 83.9 cm³/mol. The van der Waals surface area contributed by atoms with E-state index in [2.05, 4.69) is 10.2 Å². The molecule has 0 aromatic heterocycles. The number of aliphatic hydroxyl groups excluding tert-OH is 1. The lowest BCUT2D eigenvalue weighted by Crippen LogP contribution is -2.57.